The van der Waals surface area contributed by atoms with Crippen LogP contribution in [0.25, 0.3) is 0 Å². The van der Waals surface area contributed by atoms with Crippen LogP contribution in [-0.4, -0.2) is 10.5 Å². The number of carbonyl (C=O) groups is 2. The second-order valence-electron chi connectivity index (χ2n) is 3.34. The highest BCUT2D eigenvalue weighted by atomic mass is 35.5. The monoisotopic (exact) mass is 244 g/mol. The highest BCUT2D eigenvalue weighted by Crippen LogP contribution is 2.15. The third-order valence-electron chi connectivity index (χ3n) is 2.02. The van der Waals surface area contributed by atoms with Crippen molar-refractivity contribution in [1.82, 2.24) is 0 Å². The van der Waals surface area contributed by atoms with Crippen LogP contribution in [0, 0.1) is 6.92 Å². The maximum Gasteiger partial charge on any atom is 0.226 e. The molecular weight excluding hydrogens is 235 g/mol. The van der Waals surface area contributed by atoms with Crippen LogP contribution >= 0.6 is 23.2 Å². The van der Waals surface area contributed by atoms with E-state index in [0.29, 0.717) is 0 Å². The Morgan fingerprint density at radius 1 is 1.07 bits per heavy atom. The molecule has 0 amide bonds. The van der Waals surface area contributed by atoms with E-state index in [1.807, 2.05) is 19.1 Å². The van der Waals surface area contributed by atoms with Gasteiger partial charge in [-0.1, -0.05) is 23.8 Å². The molecule has 0 N–H and O–H groups in total. The van der Waals surface area contributed by atoms with E-state index in [1.54, 1.807) is 6.07 Å². The molecule has 0 aliphatic heterocycles. The average molecular weight is 245 g/mol. The third-order valence-corrected chi connectivity index (χ3v) is 2.29. The fraction of sp³-hybridized carbons (Fsp3) is 0.273. The molecule has 0 aliphatic carbocycles. The first-order valence-electron chi connectivity index (χ1n) is 4.44. The van der Waals surface area contributed by atoms with Crippen molar-refractivity contribution >= 4 is 33.7 Å². The number of hydrogen-bond donors (Lipinski definition) is 0. The maximum absolute atomic E-state index is 10.8. The number of carbonyl (C=O) groups excluding carboxylic acids is 2. The molecule has 0 fully saturated rings. The first-order chi connectivity index (χ1) is 6.99. The van der Waals surface area contributed by atoms with Crippen LogP contribution in [0.5, 0.6) is 0 Å². The summed E-state index contributed by atoms with van der Waals surface area (Å²) in [6, 6.07) is 5.51. The van der Waals surface area contributed by atoms with Gasteiger partial charge in [-0.05, 0) is 41.3 Å². The molecule has 0 aromatic heterocycles. The Balaban J connectivity index is 3.02. The van der Waals surface area contributed by atoms with Gasteiger partial charge in [0.1, 0.15) is 0 Å². The van der Waals surface area contributed by atoms with Crippen LogP contribution in [0.3, 0.4) is 0 Å². The molecule has 1 rings (SSSR count). The van der Waals surface area contributed by atoms with Crippen molar-refractivity contribution in [3.63, 3.8) is 0 Å². The lowest BCUT2D eigenvalue weighted by atomic mass is 10.0. The Hall–Kier alpha value is -0.860. The molecule has 0 bridgehead atoms. The van der Waals surface area contributed by atoms with Gasteiger partial charge in [-0.15, -0.1) is 0 Å². The normalized spacial score (nSPS) is 10.1. The van der Waals surface area contributed by atoms with E-state index < -0.39 is 10.5 Å². The lowest BCUT2D eigenvalue weighted by Crippen LogP contribution is -2.03. The predicted octanol–water partition coefficient (Wildman–Crippen LogP) is 2.61. The summed E-state index contributed by atoms with van der Waals surface area (Å²) in [6.07, 6.45) is 0.254. The Kier molecular flexibility index (Phi) is 4.30. The van der Waals surface area contributed by atoms with E-state index in [0.717, 1.165) is 16.7 Å². The second-order valence-corrected chi connectivity index (χ2v) is 4.18. The lowest BCUT2D eigenvalue weighted by molar-refractivity contribution is -0.112. The summed E-state index contributed by atoms with van der Waals surface area (Å²) in [5.41, 5.74) is 2.55. The number of benzene rings is 1. The van der Waals surface area contributed by atoms with Crippen LogP contribution in [0.4, 0.5) is 0 Å². The number of rotatable bonds is 4. The molecule has 0 atom stereocenters. The van der Waals surface area contributed by atoms with Crippen LogP contribution in [0.2, 0.25) is 0 Å². The van der Waals surface area contributed by atoms with Crippen LogP contribution in [0.1, 0.15) is 16.7 Å². The predicted molar refractivity (Wildman–Crippen MR) is 60.3 cm³/mol. The molecular formula is C11H10Cl2O2. The molecule has 0 saturated heterocycles. The molecule has 0 aliphatic rings. The van der Waals surface area contributed by atoms with Gasteiger partial charge >= 0.3 is 0 Å². The number of halogens is 2. The largest absolute Gasteiger partial charge is 0.281 e. The molecule has 1 aromatic rings. The van der Waals surface area contributed by atoms with E-state index in [4.69, 9.17) is 23.2 Å². The Labute approximate surface area is 98.2 Å². The van der Waals surface area contributed by atoms with Crippen molar-refractivity contribution in [3.05, 3.63) is 34.9 Å². The van der Waals surface area contributed by atoms with Gasteiger partial charge in [0.15, 0.2) is 0 Å². The van der Waals surface area contributed by atoms with E-state index in [2.05, 4.69) is 0 Å². The van der Waals surface area contributed by atoms with Gasteiger partial charge in [0.05, 0.1) is 0 Å². The Bertz CT molecular complexity index is 400. The van der Waals surface area contributed by atoms with Crippen molar-refractivity contribution in [2.45, 2.75) is 19.8 Å². The molecule has 2 nitrogen and oxygen atoms in total. The lowest BCUT2D eigenvalue weighted by Gasteiger charge is -2.06. The number of hydrogen-bond acceptors (Lipinski definition) is 2. The maximum atomic E-state index is 10.8. The molecule has 0 saturated carbocycles. The van der Waals surface area contributed by atoms with E-state index in [-0.39, 0.29) is 12.8 Å². The zero-order valence-corrected chi connectivity index (χ0v) is 9.73. The zero-order chi connectivity index (χ0) is 11.4. The van der Waals surface area contributed by atoms with Gasteiger partial charge in [-0.2, -0.15) is 0 Å². The molecule has 4 heteroatoms. The molecule has 15 heavy (non-hydrogen) atoms. The molecule has 1 aromatic carbocycles. The van der Waals surface area contributed by atoms with Gasteiger partial charge in [-0.3, -0.25) is 9.59 Å². The summed E-state index contributed by atoms with van der Waals surface area (Å²) in [7, 11) is 0. The SMILES string of the molecule is Cc1ccc(CC(=O)Cl)c(CC(=O)Cl)c1. The van der Waals surface area contributed by atoms with Crippen molar-refractivity contribution in [3.8, 4) is 0 Å². The minimum Gasteiger partial charge on any atom is -0.281 e. The fourth-order valence-corrected chi connectivity index (χ4v) is 1.68. The van der Waals surface area contributed by atoms with Crippen molar-refractivity contribution < 1.29 is 9.59 Å². The quantitative estimate of drug-likeness (QED) is 0.764. The zero-order valence-electron chi connectivity index (χ0n) is 8.22. The topological polar surface area (TPSA) is 34.1 Å². The highest BCUT2D eigenvalue weighted by molar-refractivity contribution is 6.64. The van der Waals surface area contributed by atoms with Crippen LogP contribution < -0.4 is 0 Å². The number of aryl methyl sites for hydroxylation is 1. The minimum atomic E-state index is -0.442. The summed E-state index contributed by atoms with van der Waals surface area (Å²) in [5.74, 6) is 0. The van der Waals surface area contributed by atoms with Crippen molar-refractivity contribution in [2.75, 3.05) is 0 Å². The molecule has 80 valence electrons. The van der Waals surface area contributed by atoms with E-state index >= 15 is 0 Å². The summed E-state index contributed by atoms with van der Waals surface area (Å²) in [6.45, 7) is 1.91. The van der Waals surface area contributed by atoms with Gasteiger partial charge in [0.2, 0.25) is 10.5 Å². The smallest absolute Gasteiger partial charge is 0.226 e. The average Bonchev–Trinajstić information content (AvgIpc) is 2.08. The van der Waals surface area contributed by atoms with Gasteiger partial charge in [-0.25, -0.2) is 0 Å². The first-order valence-corrected chi connectivity index (χ1v) is 5.19. The third kappa shape index (κ3) is 4.02. The van der Waals surface area contributed by atoms with Crippen molar-refractivity contribution in [2.24, 2.45) is 0 Å². The van der Waals surface area contributed by atoms with Crippen LogP contribution in [0.15, 0.2) is 18.2 Å². The van der Waals surface area contributed by atoms with Gasteiger partial charge in [0.25, 0.3) is 0 Å². The van der Waals surface area contributed by atoms with Crippen LogP contribution in [-0.2, 0) is 22.4 Å². The second kappa shape index (κ2) is 5.29. The van der Waals surface area contributed by atoms with Gasteiger partial charge in [0, 0.05) is 12.8 Å². The summed E-state index contributed by atoms with van der Waals surface area (Å²) in [5, 5.41) is -0.883. The minimum absolute atomic E-state index is 0.126. The fourth-order valence-electron chi connectivity index (χ4n) is 1.39. The van der Waals surface area contributed by atoms with E-state index in [1.165, 1.54) is 0 Å². The highest BCUT2D eigenvalue weighted by Gasteiger charge is 2.09. The van der Waals surface area contributed by atoms with Gasteiger partial charge < -0.3 is 0 Å². The molecule has 0 spiro atoms. The van der Waals surface area contributed by atoms with Crippen molar-refractivity contribution in [1.29, 1.82) is 0 Å². The molecule has 0 radical (unpaired) electrons. The summed E-state index contributed by atoms with van der Waals surface area (Å²) < 4.78 is 0. The molecule has 0 heterocycles. The standard InChI is InChI=1S/C11H10Cl2O2/c1-7-2-3-8(5-10(12)14)9(4-7)6-11(13)15/h2-4H,5-6H2,1H3. The molecule has 0 unspecified atom stereocenters. The van der Waals surface area contributed by atoms with E-state index in [9.17, 15) is 9.59 Å². The Morgan fingerprint density at radius 3 is 2.13 bits per heavy atom. The Morgan fingerprint density at radius 2 is 1.60 bits per heavy atom. The first kappa shape index (κ1) is 12.2. The summed E-state index contributed by atoms with van der Waals surface area (Å²) in [4.78, 5) is 21.6. The summed E-state index contributed by atoms with van der Waals surface area (Å²) >= 11 is 10.6.